The van der Waals surface area contributed by atoms with Crippen LogP contribution in [-0.2, 0) is 6.54 Å². The van der Waals surface area contributed by atoms with Gasteiger partial charge in [-0.15, -0.1) is 11.3 Å². The zero-order valence-corrected chi connectivity index (χ0v) is 12.6. The molecule has 3 aromatic heterocycles. The molecule has 0 aliphatic heterocycles. The van der Waals surface area contributed by atoms with Crippen molar-refractivity contribution in [2.45, 2.75) is 27.3 Å². The van der Waals surface area contributed by atoms with Gasteiger partial charge in [-0.05, 0) is 38.5 Å². The quantitative estimate of drug-likeness (QED) is 0.798. The van der Waals surface area contributed by atoms with Crippen molar-refractivity contribution >= 4 is 27.4 Å². The monoisotopic (exact) mass is 284 g/mol. The van der Waals surface area contributed by atoms with Crippen molar-refractivity contribution in [1.29, 1.82) is 0 Å². The van der Waals surface area contributed by atoms with E-state index in [0.717, 1.165) is 27.6 Å². The number of aryl methyl sites for hydroxylation is 3. The first kappa shape index (κ1) is 13.0. The molecule has 0 saturated carbocycles. The molecule has 0 amide bonds. The molecule has 0 radical (unpaired) electrons. The molecule has 0 aliphatic rings. The lowest BCUT2D eigenvalue weighted by molar-refractivity contribution is 1.01. The second kappa shape index (κ2) is 5.17. The lowest BCUT2D eigenvalue weighted by Gasteiger charge is -2.08. The van der Waals surface area contributed by atoms with Gasteiger partial charge in [-0.1, -0.05) is 6.07 Å². The van der Waals surface area contributed by atoms with Crippen molar-refractivity contribution in [3.63, 3.8) is 0 Å². The minimum atomic E-state index is 0.667. The maximum atomic E-state index is 4.55. The van der Waals surface area contributed by atoms with E-state index in [-0.39, 0.29) is 0 Å². The number of nitrogens with one attached hydrogen (secondary N) is 1. The van der Waals surface area contributed by atoms with Crippen LogP contribution < -0.4 is 5.32 Å². The minimum Gasteiger partial charge on any atom is -0.364 e. The molecule has 4 nitrogen and oxygen atoms in total. The molecule has 3 aromatic rings. The predicted octanol–water partition coefficient (Wildman–Crippen LogP) is 3.62. The molecule has 1 N–H and O–H groups in total. The number of fused-ring (bicyclic) bond motifs is 1. The normalized spacial score (nSPS) is 10.9. The van der Waals surface area contributed by atoms with Gasteiger partial charge in [-0.25, -0.2) is 9.97 Å². The molecule has 5 heteroatoms. The fourth-order valence-corrected chi connectivity index (χ4v) is 3.24. The smallest absolute Gasteiger partial charge is 0.139 e. The van der Waals surface area contributed by atoms with Crippen molar-refractivity contribution in [3.05, 3.63) is 46.4 Å². The standard InChI is InChI=1S/C15H16N4S/c1-9-10(2)20-15-13(9)14(18-11(3)19-15)17-8-12-6-4-5-7-16-12/h4-7H,8H2,1-3H3,(H,17,18,19). The summed E-state index contributed by atoms with van der Waals surface area (Å²) in [6.45, 7) is 6.84. The van der Waals surface area contributed by atoms with Crippen molar-refractivity contribution in [3.8, 4) is 0 Å². The van der Waals surface area contributed by atoms with Crippen molar-refractivity contribution in [1.82, 2.24) is 15.0 Å². The van der Waals surface area contributed by atoms with Crippen molar-refractivity contribution < 1.29 is 0 Å². The van der Waals surface area contributed by atoms with E-state index in [1.165, 1.54) is 10.4 Å². The van der Waals surface area contributed by atoms with Crippen molar-refractivity contribution in [2.75, 3.05) is 5.32 Å². The third-order valence-corrected chi connectivity index (χ3v) is 4.40. The second-order valence-corrected chi connectivity index (χ2v) is 5.96. The Morgan fingerprint density at radius 1 is 1.15 bits per heavy atom. The fourth-order valence-electron chi connectivity index (χ4n) is 2.16. The maximum absolute atomic E-state index is 4.55. The molecular weight excluding hydrogens is 268 g/mol. The van der Waals surface area contributed by atoms with Crippen molar-refractivity contribution in [2.24, 2.45) is 0 Å². The SMILES string of the molecule is Cc1nc(NCc2ccccn2)c2c(C)c(C)sc2n1. The molecule has 0 aliphatic carbocycles. The van der Waals surface area contributed by atoms with E-state index in [1.54, 1.807) is 17.5 Å². The highest BCUT2D eigenvalue weighted by atomic mass is 32.1. The Morgan fingerprint density at radius 2 is 2.00 bits per heavy atom. The van der Waals surface area contributed by atoms with E-state index in [9.17, 15) is 0 Å². The molecule has 0 spiro atoms. The van der Waals surface area contributed by atoms with Gasteiger partial charge in [-0.2, -0.15) is 0 Å². The molecule has 0 bridgehead atoms. The number of thiophene rings is 1. The molecule has 3 heterocycles. The predicted molar refractivity (Wildman–Crippen MR) is 83.2 cm³/mol. The van der Waals surface area contributed by atoms with Gasteiger partial charge in [0.25, 0.3) is 0 Å². The van der Waals surface area contributed by atoms with Gasteiger partial charge in [-0.3, -0.25) is 4.98 Å². The number of nitrogens with zero attached hydrogens (tertiary/aromatic N) is 3. The van der Waals surface area contributed by atoms with Crippen LogP contribution in [0.4, 0.5) is 5.82 Å². The average Bonchev–Trinajstić information content (AvgIpc) is 2.72. The maximum Gasteiger partial charge on any atom is 0.139 e. The van der Waals surface area contributed by atoms with Crippen LogP contribution in [0, 0.1) is 20.8 Å². The highest BCUT2D eigenvalue weighted by Gasteiger charge is 2.13. The van der Waals surface area contributed by atoms with Gasteiger partial charge < -0.3 is 5.32 Å². The summed E-state index contributed by atoms with van der Waals surface area (Å²) < 4.78 is 0. The van der Waals surface area contributed by atoms with Gasteiger partial charge in [0.05, 0.1) is 17.6 Å². The van der Waals surface area contributed by atoms with Crippen LogP contribution in [0.2, 0.25) is 0 Å². The highest BCUT2D eigenvalue weighted by Crippen LogP contribution is 2.33. The Bertz CT molecular complexity index is 749. The average molecular weight is 284 g/mol. The van der Waals surface area contributed by atoms with Crippen LogP contribution in [0.3, 0.4) is 0 Å². The van der Waals surface area contributed by atoms with E-state index >= 15 is 0 Å². The Labute approximate surface area is 121 Å². The summed E-state index contributed by atoms with van der Waals surface area (Å²) in [5, 5.41) is 4.53. The van der Waals surface area contributed by atoms with Crippen LogP contribution >= 0.6 is 11.3 Å². The Hall–Kier alpha value is -2.01. The topological polar surface area (TPSA) is 50.7 Å². The van der Waals surface area contributed by atoms with E-state index in [1.807, 2.05) is 25.1 Å². The minimum absolute atomic E-state index is 0.667. The molecule has 20 heavy (non-hydrogen) atoms. The van der Waals surface area contributed by atoms with E-state index in [0.29, 0.717) is 6.54 Å². The number of anilines is 1. The summed E-state index contributed by atoms with van der Waals surface area (Å²) in [6.07, 6.45) is 1.80. The molecule has 0 saturated heterocycles. The van der Waals surface area contributed by atoms with Crippen LogP contribution in [0.25, 0.3) is 10.2 Å². The molecule has 0 aromatic carbocycles. The first-order valence-corrected chi connectivity index (χ1v) is 7.35. The summed E-state index contributed by atoms with van der Waals surface area (Å²) in [5.74, 6) is 1.70. The van der Waals surface area contributed by atoms with Crippen LogP contribution in [0.1, 0.15) is 22.0 Å². The zero-order chi connectivity index (χ0) is 14.1. The number of aromatic nitrogens is 3. The number of hydrogen-bond donors (Lipinski definition) is 1. The summed E-state index contributed by atoms with van der Waals surface area (Å²) in [5.41, 5.74) is 2.26. The molecule has 0 atom stereocenters. The highest BCUT2D eigenvalue weighted by molar-refractivity contribution is 7.18. The molecular formula is C15H16N4S. The summed E-state index contributed by atoms with van der Waals surface area (Å²) >= 11 is 1.72. The lowest BCUT2D eigenvalue weighted by atomic mass is 10.2. The van der Waals surface area contributed by atoms with Gasteiger partial charge in [0.1, 0.15) is 16.5 Å². The van der Waals surface area contributed by atoms with E-state index < -0.39 is 0 Å². The summed E-state index contributed by atoms with van der Waals surface area (Å²) in [6, 6.07) is 5.91. The van der Waals surface area contributed by atoms with Crippen LogP contribution in [-0.4, -0.2) is 15.0 Å². The van der Waals surface area contributed by atoms with Gasteiger partial charge in [0.2, 0.25) is 0 Å². The molecule has 3 rings (SSSR count). The number of pyridine rings is 1. The van der Waals surface area contributed by atoms with Gasteiger partial charge >= 0.3 is 0 Å². The van der Waals surface area contributed by atoms with Gasteiger partial charge in [0, 0.05) is 11.1 Å². The number of hydrogen-bond acceptors (Lipinski definition) is 5. The van der Waals surface area contributed by atoms with Crippen LogP contribution in [0.15, 0.2) is 24.4 Å². The third-order valence-electron chi connectivity index (χ3n) is 3.30. The van der Waals surface area contributed by atoms with Crippen LogP contribution in [0.5, 0.6) is 0 Å². The molecule has 102 valence electrons. The first-order chi connectivity index (χ1) is 9.65. The molecule has 0 fully saturated rings. The molecule has 0 unspecified atom stereocenters. The Morgan fingerprint density at radius 3 is 2.75 bits per heavy atom. The summed E-state index contributed by atoms with van der Waals surface area (Å²) in [4.78, 5) is 15.7. The zero-order valence-electron chi connectivity index (χ0n) is 11.8. The third kappa shape index (κ3) is 2.36. The Kier molecular flexibility index (Phi) is 3.36. The Balaban J connectivity index is 1.98. The lowest BCUT2D eigenvalue weighted by Crippen LogP contribution is -2.05. The van der Waals surface area contributed by atoms with Gasteiger partial charge in [0.15, 0.2) is 0 Å². The summed E-state index contributed by atoms with van der Waals surface area (Å²) in [7, 11) is 0. The first-order valence-electron chi connectivity index (χ1n) is 6.53. The second-order valence-electron chi connectivity index (χ2n) is 4.76. The largest absolute Gasteiger partial charge is 0.364 e. The number of rotatable bonds is 3. The fraction of sp³-hybridized carbons (Fsp3) is 0.267. The van der Waals surface area contributed by atoms with E-state index in [2.05, 4.69) is 34.1 Å². The van der Waals surface area contributed by atoms with E-state index in [4.69, 9.17) is 0 Å².